The van der Waals surface area contributed by atoms with Crippen LogP contribution in [0.15, 0.2) is 23.1 Å². The Labute approximate surface area is 173 Å². The van der Waals surface area contributed by atoms with Crippen LogP contribution < -0.4 is 10.1 Å². The molecule has 1 amide bonds. The Hall–Kier alpha value is -1.68. The van der Waals surface area contributed by atoms with E-state index < -0.39 is 10.0 Å². The van der Waals surface area contributed by atoms with Gasteiger partial charge >= 0.3 is 0 Å². The third-order valence-electron chi connectivity index (χ3n) is 5.26. The molecule has 1 aromatic rings. The van der Waals surface area contributed by atoms with Crippen molar-refractivity contribution in [1.82, 2.24) is 9.21 Å². The maximum Gasteiger partial charge on any atom is 0.243 e. The summed E-state index contributed by atoms with van der Waals surface area (Å²) in [6, 6.07) is 4.61. The Morgan fingerprint density at radius 2 is 1.83 bits per heavy atom. The number of amides is 1. The van der Waals surface area contributed by atoms with E-state index in [-0.39, 0.29) is 29.6 Å². The fraction of sp³-hybridized carbons (Fsp3) is 0.650. The largest absolute Gasteiger partial charge is 0.495 e. The predicted octanol–water partition coefficient (Wildman–Crippen LogP) is 1.92. The number of carbonyl (C=O) groups excluding carboxylic acids is 1. The van der Waals surface area contributed by atoms with E-state index in [9.17, 15) is 13.2 Å². The molecule has 0 aliphatic carbocycles. The summed E-state index contributed by atoms with van der Waals surface area (Å²) >= 11 is 0. The standard InChI is InChI=1S/C20H31N3O5S/c1-15-12-22(13-16(2)28-15)14-20(24)21-18-11-17(7-8-19(18)27-3)29(25,26)23-9-5-4-6-10-23/h7-8,11,15-16H,4-6,9-10,12-14H2,1-3H3,(H,21,24)/t15-,16+. The number of carbonyl (C=O) groups is 1. The number of rotatable bonds is 6. The first-order valence-corrected chi connectivity index (χ1v) is 11.6. The van der Waals surface area contributed by atoms with Crippen LogP contribution in [0.25, 0.3) is 0 Å². The van der Waals surface area contributed by atoms with E-state index in [1.165, 1.54) is 23.5 Å². The van der Waals surface area contributed by atoms with Crippen LogP contribution in [-0.2, 0) is 19.6 Å². The summed E-state index contributed by atoms with van der Waals surface area (Å²) in [6.45, 7) is 6.60. The van der Waals surface area contributed by atoms with Crippen LogP contribution in [0, 0.1) is 0 Å². The highest BCUT2D eigenvalue weighted by Gasteiger charge is 2.28. The van der Waals surface area contributed by atoms with E-state index in [4.69, 9.17) is 9.47 Å². The van der Waals surface area contributed by atoms with Crippen LogP contribution in [0.1, 0.15) is 33.1 Å². The Bertz CT molecular complexity index is 813. The van der Waals surface area contributed by atoms with Crippen LogP contribution >= 0.6 is 0 Å². The van der Waals surface area contributed by atoms with Gasteiger partial charge in [-0.3, -0.25) is 9.69 Å². The van der Waals surface area contributed by atoms with Crippen LogP contribution in [-0.4, -0.2) is 75.6 Å². The Morgan fingerprint density at radius 1 is 1.17 bits per heavy atom. The molecule has 2 aliphatic rings. The molecule has 0 unspecified atom stereocenters. The van der Waals surface area contributed by atoms with Crippen molar-refractivity contribution in [3.63, 3.8) is 0 Å². The summed E-state index contributed by atoms with van der Waals surface area (Å²) in [5, 5.41) is 2.82. The lowest BCUT2D eigenvalue weighted by atomic mass is 10.2. The summed E-state index contributed by atoms with van der Waals surface area (Å²) < 4.78 is 38.5. The number of methoxy groups -OCH3 is 1. The van der Waals surface area contributed by atoms with Gasteiger partial charge in [0.1, 0.15) is 5.75 Å². The second-order valence-electron chi connectivity index (χ2n) is 7.83. The zero-order valence-electron chi connectivity index (χ0n) is 17.4. The van der Waals surface area contributed by atoms with E-state index in [0.717, 1.165) is 19.3 Å². The summed E-state index contributed by atoms with van der Waals surface area (Å²) in [5.41, 5.74) is 0.366. The molecule has 8 nitrogen and oxygen atoms in total. The lowest BCUT2D eigenvalue weighted by Gasteiger charge is -2.34. The third kappa shape index (κ3) is 5.48. The summed E-state index contributed by atoms with van der Waals surface area (Å²) in [4.78, 5) is 14.8. The molecule has 0 aromatic heterocycles. The van der Waals surface area contributed by atoms with Crippen molar-refractivity contribution >= 4 is 21.6 Å². The molecular formula is C20H31N3O5S. The van der Waals surface area contributed by atoms with Crippen LogP contribution in [0.4, 0.5) is 5.69 Å². The molecule has 2 heterocycles. The van der Waals surface area contributed by atoms with Crippen LogP contribution in [0.5, 0.6) is 5.75 Å². The van der Waals surface area contributed by atoms with Gasteiger partial charge in [-0.05, 0) is 44.9 Å². The second-order valence-corrected chi connectivity index (χ2v) is 9.76. The molecule has 0 spiro atoms. The minimum absolute atomic E-state index is 0.0686. The number of nitrogens with one attached hydrogen (secondary N) is 1. The number of piperidine rings is 1. The van der Waals surface area contributed by atoms with Crippen molar-refractivity contribution in [2.75, 3.05) is 45.2 Å². The molecule has 0 saturated carbocycles. The molecule has 2 atom stereocenters. The number of sulfonamides is 1. The summed E-state index contributed by atoms with van der Waals surface area (Å²) in [6.07, 6.45) is 2.93. The second kappa shape index (κ2) is 9.42. The number of morpholine rings is 1. The minimum atomic E-state index is -3.59. The third-order valence-corrected chi connectivity index (χ3v) is 7.15. The number of benzene rings is 1. The van der Waals surface area contributed by atoms with Gasteiger partial charge in [0, 0.05) is 26.2 Å². The predicted molar refractivity (Wildman–Crippen MR) is 111 cm³/mol. The summed E-state index contributed by atoms with van der Waals surface area (Å²) in [7, 11) is -2.09. The average molecular weight is 426 g/mol. The van der Waals surface area contributed by atoms with Crippen molar-refractivity contribution < 1.29 is 22.7 Å². The van der Waals surface area contributed by atoms with Crippen LogP contribution in [0.3, 0.4) is 0 Å². The zero-order valence-corrected chi connectivity index (χ0v) is 18.2. The number of nitrogens with zero attached hydrogens (tertiary/aromatic N) is 2. The maximum atomic E-state index is 13.0. The van der Waals surface area contributed by atoms with E-state index in [0.29, 0.717) is 37.6 Å². The molecule has 1 N–H and O–H groups in total. The molecule has 2 aliphatic heterocycles. The smallest absolute Gasteiger partial charge is 0.243 e. The van der Waals surface area contributed by atoms with Crippen LogP contribution in [0.2, 0.25) is 0 Å². The fourth-order valence-corrected chi connectivity index (χ4v) is 5.55. The maximum absolute atomic E-state index is 13.0. The first-order valence-electron chi connectivity index (χ1n) is 10.2. The van der Waals surface area contributed by atoms with E-state index in [2.05, 4.69) is 5.32 Å². The van der Waals surface area contributed by atoms with Gasteiger partial charge in [0.2, 0.25) is 15.9 Å². The molecule has 3 rings (SSSR count). The molecule has 162 valence electrons. The molecular weight excluding hydrogens is 394 g/mol. The van der Waals surface area contributed by atoms with Crippen molar-refractivity contribution in [1.29, 1.82) is 0 Å². The Kier molecular flexibility index (Phi) is 7.15. The molecule has 2 saturated heterocycles. The van der Waals surface area contributed by atoms with Gasteiger partial charge in [0.05, 0.1) is 36.4 Å². The zero-order chi connectivity index (χ0) is 21.0. The van der Waals surface area contributed by atoms with Crippen molar-refractivity contribution in [3.8, 4) is 5.75 Å². The SMILES string of the molecule is COc1ccc(S(=O)(=O)N2CCCCC2)cc1NC(=O)CN1C[C@@H](C)O[C@@H](C)C1. The highest BCUT2D eigenvalue weighted by atomic mass is 32.2. The van der Waals surface area contributed by atoms with Gasteiger partial charge in [-0.25, -0.2) is 8.42 Å². The van der Waals surface area contributed by atoms with Crippen molar-refractivity contribution in [3.05, 3.63) is 18.2 Å². The first-order chi connectivity index (χ1) is 13.8. The molecule has 1 aromatic carbocycles. The number of ether oxygens (including phenoxy) is 2. The number of hydrogen-bond acceptors (Lipinski definition) is 6. The van der Waals surface area contributed by atoms with Gasteiger partial charge in [-0.2, -0.15) is 4.31 Å². The molecule has 2 fully saturated rings. The van der Waals surface area contributed by atoms with Gasteiger partial charge in [0.15, 0.2) is 0 Å². The van der Waals surface area contributed by atoms with Crippen molar-refractivity contribution in [2.45, 2.75) is 50.2 Å². The molecule has 29 heavy (non-hydrogen) atoms. The molecule has 9 heteroatoms. The van der Waals surface area contributed by atoms with Gasteiger partial charge in [-0.15, -0.1) is 0 Å². The summed E-state index contributed by atoms with van der Waals surface area (Å²) in [5.74, 6) is 0.219. The normalized spacial score (nSPS) is 24.2. The van der Waals surface area contributed by atoms with Gasteiger partial charge in [0.25, 0.3) is 0 Å². The highest BCUT2D eigenvalue weighted by Crippen LogP contribution is 2.30. The topological polar surface area (TPSA) is 88.2 Å². The minimum Gasteiger partial charge on any atom is -0.495 e. The van der Waals surface area contributed by atoms with Gasteiger partial charge < -0.3 is 14.8 Å². The molecule has 0 radical (unpaired) electrons. The van der Waals surface area contributed by atoms with Gasteiger partial charge in [-0.1, -0.05) is 6.42 Å². The lowest BCUT2D eigenvalue weighted by molar-refractivity contribution is -0.121. The highest BCUT2D eigenvalue weighted by molar-refractivity contribution is 7.89. The quantitative estimate of drug-likeness (QED) is 0.749. The number of hydrogen-bond donors (Lipinski definition) is 1. The number of anilines is 1. The Balaban J connectivity index is 1.74. The Morgan fingerprint density at radius 3 is 2.45 bits per heavy atom. The fourth-order valence-electron chi connectivity index (χ4n) is 4.01. The first kappa shape index (κ1) is 22.0. The monoisotopic (exact) mass is 425 g/mol. The van der Waals surface area contributed by atoms with E-state index in [1.807, 2.05) is 18.7 Å². The lowest BCUT2D eigenvalue weighted by Crippen LogP contribution is -2.48. The average Bonchev–Trinajstić information content (AvgIpc) is 2.67. The van der Waals surface area contributed by atoms with E-state index >= 15 is 0 Å². The molecule has 0 bridgehead atoms. The van der Waals surface area contributed by atoms with E-state index in [1.54, 1.807) is 6.07 Å². The van der Waals surface area contributed by atoms with Crippen molar-refractivity contribution in [2.24, 2.45) is 0 Å².